The number of rotatable bonds is 12. The van der Waals surface area contributed by atoms with E-state index < -0.39 is 20.5 Å². The van der Waals surface area contributed by atoms with Crippen molar-refractivity contribution in [1.29, 1.82) is 0 Å². The Hall–Kier alpha value is -3.00. The van der Waals surface area contributed by atoms with Crippen LogP contribution in [-0.4, -0.2) is 46.9 Å². The Kier molecular flexibility index (Phi) is 9.39. The summed E-state index contributed by atoms with van der Waals surface area (Å²) in [5.74, 6) is -0.939. The number of hydrogen-bond donors (Lipinski definition) is 0. The van der Waals surface area contributed by atoms with Crippen LogP contribution in [-0.2, 0) is 27.9 Å². The lowest BCUT2D eigenvalue weighted by Gasteiger charge is -2.31. The van der Waals surface area contributed by atoms with Crippen LogP contribution >= 0.6 is 0 Å². The zero-order chi connectivity index (χ0) is 22.7. The van der Waals surface area contributed by atoms with Gasteiger partial charge in [0.25, 0.3) is 0 Å². The van der Waals surface area contributed by atoms with Gasteiger partial charge in [0.15, 0.2) is 0 Å². The molecule has 0 aliphatic heterocycles. The summed E-state index contributed by atoms with van der Waals surface area (Å²) in [6.45, 7) is 10.7. The first-order valence-electron chi connectivity index (χ1n) is 9.91. The second kappa shape index (κ2) is 12.0. The van der Waals surface area contributed by atoms with Crippen molar-refractivity contribution < 1.29 is 27.9 Å². The summed E-state index contributed by atoms with van der Waals surface area (Å²) >= 11 is 0. The van der Waals surface area contributed by atoms with Gasteiger partial charge in [-0.2, -0.15) is 0 Å². The first kappa shape index (κ1) is 24.3. The third-order valence-corrected chi connectivity index (χ3v) is 7.66. The zero-order valence-electron chi connectivity index (χ0n) is 18.0. The number of carbonyl (C=O) groups excluding carboxylic acids is 2. The molecule has 0 aliphatic rings. The van der Waals surface area contributed by atoms with E-state index in [1.54, 1.807) is 13.8 Å². The van der Waals surface area contributed by atoms with Crippen molar-refractivity contribution in [3.63, 3.8) is 0 Å². The molecule has 0 atom stereocenters. The molecule has 0 saturated heterocycles. The molecule has 0 spiro atoms. The van der Waals surface area contributed by atoms with Crippen LogP contribution in [0.5, 0.6) is 0 Å². The van der Waals surface area contributed by atoms with E-state index >= 15 is 0 Å². The largest absolute Gasteiger partial charge is 0.460 e. The third-order valence-electron chi connectivity index (χ3n) is 4.25. The van der Waals surface area contributed by atoms with Gasteiger partial charge in [-0.3, -0.25) is 0 Å². The molecule has 0 aliphatic carbocycles. The Morgan fingerprint density at radius 3 is 1.35 bits per heavy atom. The zero-order valence-corrected chi connectivity index (χ0v) is 19.0. The lowest BCUT2D eigenvalue weighted by atomic mass is 10.4. The molecule has 2 aromatic rings. The topological polar surface area (TPSA) is 71.1 Å². The molecule has 31 heavy (non-hydrogen) atoms. The van der Waals surface area contributed by atoms with E-state index in [0.29, 0.717) is 11.1 Å². The standard InChI is InChI=1S/C24H28O6Si/c1-19(2)23(25)27-15-17-29-31(21-11-7-5-8-12-21,22-13-9-6-10-14-22)30-18-16-28-24(26)20(3)4/h5-14H,1,3,15-18H2,2,4H3. The maximum Gasteiger partial charge on any atom is 0.407 e. The van der Waals surface area contributed by atoms with Gasteiger partial charge in [-0.15, -0.1) is 0 Å². The minimum Gasteiger partial charge on any atom is -0.460 e. The first-order valence-corrected chi connectivity index (χ1v) is 11.7. The lowest BCUT2D eigenvalue weighted by molar-refractivity contribution is -0.140. The van der Waals surface area contributed by atoms with Gasteiger partial charge in [-0.05, 0) is 24.2 Å². The molecule has 6 nitrogen and oxygen atoms in total. The highest BCUT2D eigenvalue weighted by Gasteiger charge is 2.42. The molecule has 0 bridgehead atoms. The highest BCUT2D eigenvalue weighted by atomic mass is 28.4. The summed E-state index contributed by atoms with van der Waals surface area (Å²) in [6.07, 6.45) is 0. The Bertz CT molecular complexity index is 819. The minimum absolute atomic E-state index is 0.0636. The van der Waals surface area contributed by atoms with Crippen LogP contribution in [0, 0.1) is 0 Å². The molecule has 0 unspecified atom stereocenters. The van der Waals surface area contributed by atoms with Crippen LogP contribution in [0.3, 0.4) is 0 Å². The molecule has 0 heterocycles. The van der Waals surface area contributed by atoms with Gasteiger partial charge in [-0.25, -0.2) is 9.59 Å². The monoisotopic (exact) mass is 440 g/mol. The van der Waals surface area contributed by atoms with Crippen molar-refractivity contribution in [2.45, 2.75) is 13.8 Å². The molecule has 0 radical (unpaired) electrons. The molecule has 0 fully saturated rings. The molecule has 0 saturated carbocycles. The Labute approximate surface area is 184 Å². The van der Waals surface area contributed by atoms with Crippen molar-refractivity contribution >= 4 is 30.9 Å². The Morgan fingerprint density at radius 2 is 1.03 bits per heavy atom. The SMILES string of the molecule is C=C(C)C(=O)OCCO[Si](OCCOC(=O)C(=C)C)(c1ccccc1)c1ccccc1. The second-order valence-corrected chi connectivity index (χ2v) is 9.84. The summed E-state index contributed by atoms with van der Waals surface area (Å²) in [4.78, 5) is 23.4. The van der Waals surface area contributed by atoms with Gasteiger partial charge in [0.1, 0.15) is 13.2 Å². The van der Waals surface area contributed by atoms with E-state index in [9.17, 15) is 9.59 Å². The molecule has 0 amide bonds. The number of hydrogen-bond acceptors (Lipinski definition) is 6. The van der Waals surface area contributed by atoms with Gasteiger partial charge < -0.3 is 18.3 Å². The average molecular weight is 441 g/mol. The van der Waals surface area contributed by atoms with E-state index in [2.05, 4.69) is 13.2 Å². The normalized spacial score (nSPS) is 10.9. The highest BCUT2D eigenvalue weighted by Crippen LogP contribution is 2.11. The second-order valence-electron chi connectivity index (χ2n) is 6.88. The quantitative estimate of drug-likeness (QED) is 0.219. The maximum absolute atomic E-state index is 11.7. The van der Waals surface area contributed by atoms with Crippen molar-refractivity contribution in [3.8, 4) is 0 Å². The van der Waals surface area contributed by atoms with Gasteiger partial charge in [0.2, 0.25) is 0 Å². The minimum atomic E-state index is -3.17. The van der Waals surface area contributed by atoms with E-state index in [1.807, 2.05) is 60.7 Å². The predicted octanol–water partition coefficient (Wildman–Crippen LogP) is 2.51. The summed E-state index contributed by atoms with van der Waals surface area (Å²) in [7, 11) is -3.17. The maximum atomic E-state index is 11.7. The predicted molar refractivity (Wildman–Crippen MR) is 121 cm³/mol. The van der Waals surface area contributed by atoms with Crippen LogP contribution in [0.2, 0.25) is 0 Å². The third kappa shape index (κ3) is 7.03. The molecule has 164 valence electrons. The van der Waals surface area contributed by atoms with Crippen molar-refractivity contribution in [3.05, 3.63) is 85.0 Å². The number of carbonyl (C=O) groups is 2. The summed E-state index contributed by atoms with van der Waals surface area (Å²) in [5, 5.41) is 1.78. The molecule has 0 N–H and O–H groups in total. The van der Waals surface area contributed by atoms with Gasteiger partial charge in [-0.1, -0.05) is 73.8 Å². The number of ether oxygens (including phenoxy) is 2. The van der Waals surface area contributed by atoms with Crippen LogP contribution < -0.4 is 10.4 Å². The van der Waals surface area contributed by atoms with Crippen molar-refractivity contribution in [2.24, 2.45) is 0 Å². The Morgan fingerprint density at radius 1 is 0.677 bits per heavy atom. The Balaban J connectivity index is 2.24. The van der Waals surface area contributed by atoms with E-state index in [1.165, 1.54) is 0 Å². The van der Waals surface area contributed by atoms with E-state index in [-0.39, 0.29) is 26.4 Å². The smallest absolute Gasteiger partial charge is 0.407 e. The van der Waals surface area contributed by atoms with Crippen LogP contribution in [0.1, 0.15) is 13.8 Å². The fourth-order valence-electron chi connectivity index (χ4n) is 2.74. The van der Waals surface area contributed by atoms with Gasteiger partial charge in [0, 0.05) is 11.1 Å². The summed E-state index contributed by atoms with van der Waals surface area (Å²) < 4.78 is 23.0. The lowest BCUT2D eigenvalue weighted by Crippen LogP contribution is -2.64. The van der Waals surface area contributed by atoms with Crippen LogP contribution in [0.25, 0.3) is 0 Å². The average Bonchev–Trinajstić information content (AvgIpc) is 2.78. The molecule has 0 aromatic heterocycles. The molecule has 2 rings (SSSR count). The summed E-state index contributed by atoms with van der Waals surface area (Å²) in [6, 6.07) is 19.2. The number of esters is 2. The molecular weight excluding hydrogens is 412 g/mol. The van der Waals surface area contributed by atoms with Crippen molar-refractivity contribution in [1.82, 2.24) is 0 Å². The van der Waals surface area contributed by atoms with E-state index in [0.717, 1.165) is 10.4 Å². The molecular formula is C24H28O6Si. The van der Waals surface area contributed by atoms with Crippen LogP contribution in [0.4, 0.5) is 0 Å². The molecule has 7 heteroatoms. The fraction of sp³-hybridized carbons (Fsp3) is 0.250. The van der Waals surface area contributed by atoms with Gasteiger partial charge >= 0.3 is 20.5 Å². The van der Waals surface area contributed by atoms with Gasteiger partial charge in [0.05, 0.1) is 13.2 Å². The van der Waals surface area contributed by atoms with Crippen LogP contribution in [0.15, 0.2) is 85.0 Å². The first-order chi connectivity index (χ1) is 14.9. The van der Waals surface area contributed by atoms with E-state index in [4.69, 9.17) is 18.3 Å². The van der Waals surface area contributed by atoms with Crippen molar-refractivity contribution in [2.75, 3.05) is 26.4 Å². The number of benzene rings is 2. The summed E-state index contributed by atoms with van der Waals surface area (Å²) in [5.41, 5.74) is 0.649. The molecule has 2 aromatic carbocycles. The fourth-order valence-corrected chi connectivity index (χ4v) is 5.83. The highest BCUT2D eigenvalue weighted by molar-refractivity contribution is 6.92.